The van der Waals surface area contributed by atoms with Crippen molar-refractivity contribution in [3.63, 3.8) is 0 Å². The number of hydrogen-bond acceptors (Lipinski definition) is 3. The van der Waals surface area contributed by atoms with Crippen molar-refractivity contribution in [3.8, 4) is 0 Å². The van der Waals surface area contributed by atoms with Gasteiger partial charge >= 0.3 is 0 Å². The normalized spacial score (nSPS) is 18.5. The zero-order valence-electron chi connectivity index (χ0n) is 13.0. The molecule has 0 radical (unpaired) electrons. The highest BCUT2D eigenvalue weighted by Gasteiger charge is 2.33. The van der Waals surface area contributed by atoms with Gasteiger partial charge in [-0.25, -0.2) is 4.39 Å². The van der Waals surface area contributed by atoms with Crippen molar-refractivity contribution >= 4 is 17.0 Å². The molecule has 1 aromatic carbocycles. The van der Waals surface area contributed by atoms with E-state index in [1.807, 2.05) is 26.8 Å². The summed E-state index contributed by atoms with van der Waals surface area (Å²) in [5, 5.41) is 0. The molecule has 1 aliphatic carbocycles. The summed E-state index contributed by atoms with van der Waals surface area (Å²) in [7, 11) is 0. The molecule has 0 spiro atoms. The number of hydrogen-bond donors (Lipinski definition) is 2. The fourth-order valence-corrected chi connectivity index (χ4v) is 3.23. The zero-order chi connectivity index (χ0) is 15.6. The van der Waals surface area contributed by atoms with E-state index in [9.17, 15) is 8.94 Å². The highest BCUT2D eigenvalue weighted by molar-refractivity contribution is 7.90. The molecule has 0 aromatic heterocycles. The molecule has 21 heavy (non-hydrogen) atoms. The first-order valence-electron chi connectivity index (χ1n) is 7.49. The Morgan fingerprint density at radius 1 is 1.43 bits per heavy atom. The standard InChI is InChI=1S/C16H25FN2OS/c1-16(2,3)21(20)19-9-8-13(11-4-5-11)12-6-7-14(17)15(18)10-12/h6-7,10-11,13,19H,4-5,8-9,18H2,1-3H3/t13-,21?/m0/s1. The Balaban J connectivity index is 1.95. The monoisotopic (exact) mass is 312 g/mol. The van der Waals surface area contributed by atoms with Gasteiger partial charge in [-0.1, -0.05) is 6.07 Å². The third-order valence-electron chi connectivity index (χ3n) is 3.88. The van der Waals surface area contributed by atoms with E-state index in [-0.39, 0.29) is 16.3 Å². The lowest BCUT2D eigenvalue weighted by Gasteiger charge is -2.25. The molecule has 1 fully saturated rings. The fourth-order valence-electron chi connectivity index (χ4n) is 2.49. The second-order valence-corrected chi connectivity index (χ2v) is 8.84. The molecular formula is C16H25FN2OS. The average molecular weight is 312 g/mol. The molecule has 1 saturated carbocycles. The number of benzene rings is 1. The van der Waals surface area contributed by atoms with Crippen molar-refractivity contribution in [2.24, 2.45) is 5.92 Å². The highest BCUT2D eigenvalue weighted by atomic mass is 32.2. The van der Waals surface area contributed by atoms with E-state index >= 15 is 0 Å². The topological polar surface area (TPSA) is 61.1 Å². The van der Waals surface area contributed by atoms with E-state index in [1.54, 1.807) is 6.07 Å². The van der Waals surface area contributed by atoms with Crippen LogP contribution in [0.15, 0.2) is 18.2 Å². The molecule has 3 N–H and O–H groups in total. The van der Waals surface area contributed by atoms with Crippen molar-refractivity contribution < 1.29 is 8.94 Å². The molecule has 0 saturated heterocycles. The quantitative estimate of drug-likeness (QED) is 0.625. The SMILES string of the molecule is CC(C)(C)[S+]([O-])NCC[C@H](c1ccc(F)c(N)c1)C1CC1. The average Bonchev–Trinajstić information content (AvgIpc) is 3.21. The van der Waals surface area contributed by atoms with Gasteiger partial charge in [0.25, 0.3) is 0 Å². The lowest BCUT2D eigenvalue weighted by Crippen LogP contribution is -2.40. The van der Waals surface area contributed by atoms with Crippen LogP contribution in [0.25, 0.3) is 0 Å². The van der Waals surface area contributed by atoms with E-state index < -0.39 is 11.4 Å². The minimum Gasteiger partial charge on any atom is -0.598 e. The van der Waals surface area contributed by atoms with Crippen LogP contribution in [-0.2, 0) is 11.4 Å². The van der Waals surface area contributed by atoms with Crippen molar-refractivity contribution in [2.75, 3.05) is 12.3 Å². The van der Waals surface area contributed by atoms with Gasteiger partial charge in [0.15, 0.2) is 0 Å². The third-order valence-corrected chi connectivity index (χ3v) is 5.46. The molecule has 0 aliphatic heterocycles. The molecule has 5 heteroatoms. The molecule has 1 aromatic rings. The Kier molecular flexibility index (Phi) is 5.17. The maximum absolute atomic E-state index is 13.3. The van der Waals surface area contributed by atoms with Gasteiger partial charge < -0.3 is 10.3 Å². The molecule has 0 bridgehead atoms. The predicted molar refractivity (Wildman–Crippen MR) is 86.8 cm³/mol. The summed E-state index contributed by atoms with van der Waals surface area (Å²) in [4.78, 5) is 0. The smallest absolute Gasteiger partial charge is 0.146 e. The van der Waals surface area contributed by atoms with Gasteiger partial charge in [-0.3, -0.25) is 0 Å². The summed E-state index contributed by atoms with van der Waals surface area (Å²) in [5.41, 5.74) is 6.98. The van der Waals surface area contributed by atoms with Crippen LogP contribution >= 0.6 is 0 Å². The van der Waals surface area contributed by atoms with Crippen LogP contribution in [0.3, 0.4) is 0 Å². The minimum absolute atomic E-state index is 0.212. The van der Waals surface area contributed by atoms with Crippen molar-refractivity contribution in [2.45, 2.75) is 50.7 Å². The Hall–Kier alpha value is -0.780. The summed E-state index contributed by atoms with van der Waals surface area (Å²) in [5.74, 6) is 0.664. The second kappa shape index (κ2) is 6.55. The molecular weight excluding hydrogens is 287 g/mol. The van der Waals surface area contributed by atoms with E-state index in [4.69, 9.17) is 5.73 Å². The van der Waals surface area contributed by atoms with E-state index in [1.165, 1.54) is 18.9 Å². The maximum atomic E-state index is 13.3. The molecule has 0 amide bonds. The number of nitrogen functional groups attached to an aromatic ring is 1. The Labute approximate surface area is 129 Å². The van der Waals surface area contributed by atoms with E-state index in [0.717, 1.165) is 12.0 Å². The van der Waals surface area contributed by atoms with Gasteiger partial charge in [0.05, 0.1) is 5.69 Å². The van der Waals surface area contributed by atoms with Crippen LogP contribution in [0, 0.1) is 11.7 Å². The highest BCUT2D eigenvalue weighted by Crippen LogP contribution is 2.44. The van der Waals surface area contributed by atoms with Gasteiger partial charge in [0.1, 0.15) is 10.6 Å². The van der Waals surface area contributed by atoms with Gasteiger partial charge in [-0.05, 0) is 69.6 Å². The van der Waals surface area contributed by atoms with Crippen LogP contribution in [0.5, 0.6) is 0 Å². The van der Waals surface area contributed by atoms with Crippen LogP contribution in [-0.4, -0.2) is 15.8 Å². The Morgan fingerprint density at radius 3 is 2.62 bits per heavy atom. The van der Waals surface area contributed by atoms with Crippen LogP contribution in [0.1, 0.15) is 51.5 Å². The van der Waals surface area contributed by atoms with Crippen molar-refractivity contribution in [3.05, 3.63) is 29.6 Å². The number of nitrogens with two attached hydrogens (primary N) is 1. The van der Waals surface area contributed by atoms with Gasteiger partial charge in [0.2, 0.25) is 0 Å². The maximum Gasteiger partial charge on any atom is 0.146 e. The summed E-state index contributed by atoms with van der Waals surface area (Å²) < 4.78 is 28.1. The Morgan fingerprint density at radius 2 is 2.10 bits per heavy atom. The van der Waals surface area contributed by atoms with Gasteiger partial charge in [-0.15, -0.1) is 4.72 Å². The summed E-state index contributed by atoms with van der Waals surface area (Å²) >= 11 is -1.05. The van der Waals surface area contributed by atoms with E-state index in [0.29, 0.717) is 18.4 Å². The molecule has 0 heterocycles. The van der Waals surface area contributed by atoms with Crippen molar-refractivity contribution in [1.29, 1.82) is 0 Å². The molecule has 3 nitrogen and oxygen atoms in total. The number of nitrogens with one attached hydrogen (secondary N) is 1. The third kappa shape index (κ3) is 4.59. The first kappa shape index (κ1) is 16.6. The summed E-state index contributed by atoms with van der Waals surface area (Å²) in [6, 6.07) is 5.02. The second-order valence-electron chi connectivity index (χ2n) is 6.79. The summed E-state index contributed by atoms with van der Waals surface area (Å²) in [6.07, 6.45) is 3.33. The first-order valence-corrected chi connectivity index (χ1v) is 8.64. The number of anilines is 1. The minimum atomic E-state index is -1.05. The van der Waals surface area contributed by atoms with Crippen molar-refractivity contribution in [1.82, 2.24) is 4.72 Å². The lowest BCUT2D eigenvalue weighted by atomic mass is 9.91. The van der Waals surface area contributed by atoms with Crippen LogP contribution < -0.4 is 10.5 Å². The van der Waals surface area contributed by atoms with Crippen LogP contribution in [0.2, 0.25) is 0 Å². The van der Waals surface area contributed by atoms with Crippen LogP contribution in [0.4, 0.5) is 10.1 Å². The number of halogens is 1. The molecule has 2 rings (SSSR count). The largest absolute Gasteiger partial charge is 0.598 e. The predicted octanol–water partition coefficient (Wildman–Crippen LogP) is 3.34. The Bertz CT molecular complexity index is 486. The summed E-state index contributed by atoms with van der Waals surface area (Å²) in [6.45, 7) is 6.56. The fraction of sp³-hybridized carbons (Fsp3) is 0.625. The molecule has 118 valence electrons. The van der Waals surface area contributed by atoms with E-state index in [2.05, 4.69) is 4.72 Å². The molecule has 2 atom stereocenters. The number of rotatable bonds is 6. The molecule has 1 aliphatic rings. The van der Waals surface area contributed by atoms with Gasteiger partial charge in [-0.2, -0.15) is 0 Å². The van der Waals surface area contributed by atoms with Gasteiger partial charge in [0, 0.05) is 17.9 Å². The first-order chi connectivity index (χ1) is 9.79. The lowest BCUT2D eigenvalue weighted by molar-refractivity contribution is 0.520. The zero-order valence-corrected chi connectivity index (χ0v) is 13.8. The molecule has 1 unspecified atom stereocenters.